The topological polar surface area (TPSA) is 29.5 Å². The molecule has 0 bridgehead atoms. The summed E-state index contributed by atoms with van der Waals surface area (Å²) in [6, 6.07) is 11.0. The van der Waals surface area contributed by atoms with E-state index in [9.17, 15) is 5.11 Å². The number of hydrogen-bond donors (Lipinski definition) is 1. The maximum atomic E-state index is 9.54. The van der Waals surface area contributed by atoms with E-state index in [1.165, 1.54) is 0 Å². The van der Waals surface area contributed by atoms with E-state index < -0.39 is 6.10 Å². The molecule has 106 valence electrons. The third-order valence-corrected chi connectivity index (χ3v) is 3.82. The Hall–Kier alpha value is -1.22. The fourth-order valence-electron chi connectivity index (χ4n) is 1.91. The van der Waals surface area contributed by atoms with Gasteiger partial charge in [-0.3, -0.25) is 0 Å². The van der Waals surface area contributed by atoms with Crippen molar-refractivity contribution in [3.8, 4) is 5.75 Å². The third-order valence-electron chi connectivity index (χ3n) is 3.12. The molecule has 0 unspecified atom stereocenters. The zero-order valence-electron chi connectivity index (χ0n) is 11.4. The minimum absolute atomic E-state index is 0.313. The Morgan fingerprint density at radius 3 is 2.35 bits per heavy atom. The predicted molar refractivity (Wildman–Crippen MR) is 82.6 cm³/mol. The molecule has 2 rings (SSSR count). The number of aliphatic hydroxyl groups is 1. The lowest BCUT2D eigenvalue weighted by Gasteiger charge is -2.13. The van der Waals surface area contributed by atoms with Gasteiger partial charge in [0.1, 0.15) is 12.4 Å². The summed E-state index contributed by atoms with van der Waals surface area (Å²) in [5, 5.41) is 10.7. The van der Waals surface area contributed by atoms with Crippen molar-refractivity contribution < 1.29 is 9.84 Å². The highest BCUT2D eigenvalue weighted by atomic mass is 35.5. The number of benzene rings is 2. The van der Waals surface area contributed by atoms with Crippen LogP contribution < -0.4 is 4.74 Å². The van der Waals surface area contributed by atoms with E-state index in [1.54, 1.807) is 25.1 Å². The number of aliphatic hydroxyl groups excluding tert-OH is 1. The largest absolute Gasteiger partial charge is 0.489 e. The Bertz CT molecular complexity index is 589. The van der Waals surface area contributed by atoms with Gasteiger partial charge in [0, 0.05) is 15.6 Å². The normalized spacial score (nSPS) is 12.2. The summed E-state index contributed by atoms with van der Waals surface area (Å²) in [7, 11) is 0. The average Bonchev–Trinajstić information content (AvgIpc) is 2.39. The molecule has 1 N–H and O–H groups in total. The van der Waals surface area contributed by atoms with E-state index in [0.717, 1.165) is 22.4 Å². The number of hydrogen-bond acceptors (Lipinski definition) is 2. The Labute approximate surface area is 128 Å². The first-order valence-electron chi connectivity index (χ1n) is 6.33. The highest BCUT2D eigenvalue weighted by molar-refractivity contribution is 6.35. The zero-order chi connectivity index (χ0) is 14.7. The molecule has 1 atom stereocenters. The van der Waals surface area contributed by atoms with Crippen LogP contribution in [0, 0.1) is 6.92 Å². The summed E-state index contributed by atoms with van der Waals surface area (Å²) >= 11 is 12.2. The molecule has 0 amide bonds. The van der Waals surface area contributed by atoms with Crippen LogP contribution in [0.5, 0.6) is 5.75 Å². The molecular formula is C16H16Cl2O2. The van der Waals surface area contributed by atoms with Gasteiger partial charge in [0.05, 0.1) is 6.10 Å². The zero-order valence-corrected chi connectivity index (χ0v) is 12.9. The molecule has 0 saturated heterocycles. The molecule has 2 aromatic rings. The Morgan fingerprint density at radius 1 is 1.15 bits per heavy atom. The number of ether oxygens (including phenoxy) is 1. The summed E-state index contributed by atoms with van der Waals surface area (Å²) in [5.41, 5.74) is 2.60. The van der Waals surface area contributed by atoms with E-state index in [0.29, 0.717) is 16.7 Å². The minimum atomic E-state index is -0.485. The van der Waals surface area contributed by atoms with Gasteiger partial charge in [-0.15, -0.1) is 0 Å². The van der Waals surface area contributed by atoms with Crippen LogP contribution in [0.3, 0.4) is 0 Å². The molecule has 0 heterocycles. The van der Waals surface area contributed by atoms with Gasteiger partial charge >= 0.3 is 0 Å². The van der Waals surface area contributed by atoms with Gasteiger partial charge in [-0.2, -0.15) is 0 Å². The SMILES string of the molecule is Cc1cc([C@H](C)O)ccc1OCc1c(Cl)cccc1Cl. The molecule has 2 aromatic carbocycles. The second-order valence-electron chi connectivity index (χ2n) is 4.69. The first-order valence-corrected chi connectivity index (χ1v) is 7.09. The standard InChI is InChI=1S/C16H16Cl2O2/c1-10-8-12(11(2)19)6-7-16(10)20-9-13-14(17)4-3-5-15(13)18/h3-8,11,19H,9H2,1-2H3/t11-/m0/s1. The molecule has 0 aliphatic heterocycles. The van der Waals surface area contributed by atoms with Gasteiger partial charge in [-0.25, -0.2) is 0 Å². The van der Waals surface area contributed by atoms with Crippen LogP contribution in [0.25, 0.3) is 0 Å². The molecule has 0 radical (unpaired) electrons. The van der Waals surface area contributed by atoms with Crippen LogP contribution in [0.2, 0.25) is 10.0 Å². The van der Waals surface area contributed by atoms with Crippen molar-refractivity contribution in [2.24, 2.45) is 0 Å². The first kappa shape index (κ1) is 15.2. The van der Waals surface area contributed by atoms with Crippen LogP contribution in [0.1, 0.15) is 29.7 Å². The van der Waals surface area contributed by atoms with Crippen molar-refractivity contribution >= 4 is 23.2 Å². The molecule has 0 aromatic heterocycles. The van der Waals surface area contributed by atoms with Crippen molar-refractivity contribution in [1.82, 2.24) is 0 Å². The van der Waals surface area contributed by atoms with E-state index in [-0.39, 0.29) is 0 Å². The highest BCUT2D eigenvalue weighted by Gasteiger charge is 2.09. The van der Waals surface area contributed by atoms with Crippen molar-refractivity contribution in [3.05, 3.63) is 63.1 Å². The molecule has 0 fully saturated rings. The lowest BCUT2D eigenvalue weighted by Crippen LogP contribution is -2.00. The monoisotopic (exact) mass is 310 g/mol. The van der Waals surface area contributed by atoms with Crippen LogP contribution in [0.15, 0.2) is 36.4 Å². The van der Waals surface area contributed by atoms with Crippen molar-refractivity contribution in [3.63, 3.8) is 0 Å². The van der Waals surface area contributed by atoms with Gasteiger partial charge in [-0.1, -0.05) is 35.3 Å². The summed E-state index contributed by atoms with van der Waals surface area (Å²) in [6.45, 7) is 3.99. The molecule has 0 aliphatic carbocycles. The number of rotatable bonds is 4. The molecule has 20 heavy (non-hydrogen) atoms. The Kier molecular flexibility index (Phi) is 4.92. The smallest absolute Gasteiger partial charge is 0.122 e. The number of aryl methyl sites for hydroxylation is 1. The maximum Gasteiger partial charge on any atom is 0.122 e. The van der Waals surface area contributed by atoms with Gasteiger partial charge in [0.25, 0.3) is 0 Å². The Morgan fingerprint density at radius 2 is 1.80 bits per heavy atom. The molecular weight excluding hydrogens is 295 g/mol. The lowest BCUT2D eigenvalue weighted by atomic mass is 10.1. The summed E-state index contributed by atoms with van der Waals surface area (Å²) in [4.78, 5) is 0. The third kappa shape index (κ3) is 3.45. The van der Waals surface area contributed by atoms with E-state index in [4.69, 9.17) is 27.9 Å². The van der Waals surface area contributed by atoms with Crippen LogP contribution in [0.4, 0.5) is 0 Å². The van der Waals surface area contributed by atoms with E-state index >= 15 is 0 Å². The van der Waals surface area contributed by atoms with E-state index in [1.807, 2.05) is 25.1 Å². The van der Waals surface area contributed by atoms with E-state index in [2.05, 4.69) is 0 Å². The molecule has 0 spiro atoms. The summed E-state index contributed by atoms with van der Waals surface area (Å²) in [6.07, 6.45) is -0.485. The summed E-state index contributed by atoms with van der Waals surface area (Å²) < 4.78 is 5.77. The molecule has 2 nitrogen and oxygen atoms in total. The second kappa shape index (κ2) is 6.49. The van der Waals surface area contributed by atoms with Gasteiger partial charge in [-0.05, 0) is 49.2 Å². The maximum absolute atomic E-state index is 9.54. The van der Waals surface area contributed by atoms with Crippen LogP contribution in [-0.4, -0.2) is 5.11 Å². The predicted octanol–water partition coefficient (Wildman–Crippen LogP) is 4.93. The van der Waals surface area contributed by atoms with Crippen LogP contribution in [-0.2, 0) is 6.61 Å². The first-order chi connectivity index (χ1) is 9.49. The molecule has 0 saturated carbocycles. The van der Waals surface area contributed by atoms with Gasteiger partial charge in [0.2, 0.25) is 0 Å². The second-order valence-corrected chi connectivity index (χ2v) is 5.50. The fourth-order valence-corrected chi connectivity index (χ4v) is 2.42. The molecule has 4 heteroatoms. The van der Waals surface area contributed by atoms with Crippen LogP contribution >= 0.6 is 23.2 Å². The van der Waals surface area contributed by atoms with Crippen molar-refractivity contribution in [2.45, 2.75) is 26.6 Å². The van der Waals surface area contributed by atoms with Crippen molar-refractivity contribution in [2.75, 3.05) is 0 Å². The van der Waals surface area contributed by atoms with Gasteiger partial charge in [0.15, 0.2) is 0 Å². The average molecular weight is 311 g/mol. The highest BCUT2D eigenvalue weighted by Crippen LogP contribution is 2.28. The minimum Gasteiger partial charge on any atom is -0.489 e. The van der Waals surface area contributed by atoms with Gasteiger partial charge < -0.3 is 9.84 Å². The Balaban J connectivity index is 2.15. The lowest BCUT2D eigenvalue weighted by molar-refractivity contribution is 0.199. The summed E-state index contributed by atoms with van der Waals surface area (Å²) in [5.74, 6) is 0.755. The fraction of sp³-hybridized carbons (Fsp3) is 0.250. The van der Waals surface area contributed by atoms with Crippen molar-refractivity contribution in [1.29, 1.82) is 0 Å². The quantitative estimate of drug-likeness (QED) is 0.867. The molecule has 0 aliphatic rings. The number of halogens is 2.